The van der Waals surface area contributed by atoms with Crippen molar-refractivity contribution in [2.45, 2.75) is 32.2 Å². The fourth-order valence-corrected chi connectivity index (χ4v) is 4.21. The fraction of sp³-hybridized carbons (Fsp3) is 0.200. The highest BCUT2D eigenvalue weighted by Crippen LogP contribution is 2.39. The number of aromatic nitrogens is 2. The molecule has 4 aromatic rings. The number of aryl methyl sites for hydroxylation is 2. The molecule has 0 unspecified atom stereocenters. The molecule has 194 valence electrons. The molecule has 0 saturated carbocycles. The number of carbonyl (C=O) groups is 2. The molecule has 0 fully saturated rings. The van der Waals surface area contributed by atoms with Gasteiger partial charge in [0.05, 0.1) is 0 Å². The van der Waals surface area contributed by atoms with E-state index in [-0.39, 0.29) is 12.6 Å². The summed E-state index contributed by atoms with van der Waals surface area (Å²) in [5, 5.41) is 9.60. The van der Waals surface area contributed by atoms with Gasteiger partial charge in [-0.25, -0.2) is 19.6 Å². The number of hydrogen-bond acceptors (Lipinski definition) is 7. The monoisotopic (exact) mass is 512 g/mol. The third-order valence-corrected chi connectivity index (χ3v) is 5.82. The third kappa shape index (κ3) is 6.22. The molecule has 0 aliphatic heterocycles. The molecule has 8 heteroatoms. The summed E-state index contributed by atoms with van der Waals surface area (Å²) >= 11 is 0. The summed E-state index contributed by atoms with van der Waals surface area (Å²) < 4.78 is 18.1. The van der Waals surface area contributed by atoms with Gasteiger partial charge in [0.2, 0.25) is 6.10 Å². The molecule has 4 rings (SSSR count). The van der Waals surface area contributed by atoms with Crippen LogP contribution in [-0.2, 0) is 31.3 Å². The van der Waals surface area contributed by atoms with Crippen LogP contribution in [0.15, 0.2) is 97.1 Å². The number of carboxylic acid groups (broad SMARTS) is 1. The Hall–Kier alpha value is -4.56. The second-order valence-corrected chi connectivity index (χ2v) is 8.67. The first kappa shape index (κ1) is 26.5. The summed E-state index contributed by atoms with van der Waals surface area (Å²) in [4.78, 5) is 34.4. The Bertz CT molecular complexity index is 1300. The number of rotatable bonds is 11. The molecule has 0 spiro atoms. The first-order valence-electron chi connectivity index (χ1n) is 12.0. The van der Waals surface area contributed by atoms with Gasteiger partial charge in [0.25, 0.3) is 0 Å². The first-order chi connectivity index (χ1) is 18.4. The molecule has 38 heavy (non-hydrogen) atoms. The van der Waals surface area contributed by atoms with Crippen LogP contribution < -0.4 is 4.74 Å². The second kappa shape index (κ2) is 12.1. The third-order valence-electron chi connectivity index (χ3n) is 5.82. The molecule has 8 nitrogen and oxygen atoms in total. The van der Waals surface area contributed by atoms with Gasteiger partial charge < -0.3 is 19.3 Å². The van der Waals surface area contributed by atoms with Crippen LogP contribution in [0, 0.1) is 13.8 Å². The molecule has 1 aromatic heterocycles. The van der Waals surface area contributed by atoms with Crippen LogP contribution in [-0.4, -0.2) is 39.7 Å². The largest absolute Gasteiger partial charge is 0.480 e. The van der Waals surface area contributed by atoms with E-state index < -0.39 is 30.3 Å². The molecule has 0 saturated heterocycles. The fourth-order valence-electron chi connectivity index (χ4n) is 4.21. The van der Waals surface area contributed by atoms with Crippen LogP contribution in [0.5, 0.6) is 6.01 Å². The van der Waals surface area contributed by atoms with E-state index >= 15 is 0 Å². The van der Waals surface area contributed by atoms with E-state index in [1.54, 1.807) is 68.4 Å². The van der Waals surface area contributed by atoms with Crippen molar-refractivity contribution in [1.82, 2.24) is 9.97 Å². The highest BCUT2D eigenvalue weighted by Gasteiger charge is 2.51. The maximum Gasteiger partial charge on any atom is 0.351 e. The lowest BCUT2D eigenvalue weighted by Gasteiger charge is -2.39. The van der Waals surface area contributed by atoms with Crippen LogP contribution in [0.25, 0.3) is 0 Å². The van der Waals surface area contributed by atoms with Gasteiger partial charge in [-0.1, -0.05) is 91.0 Å². The summed E-state index contributed by atoms with van der Waals surface area (Å²) in [5.74, 6) is -1.98. The van der Waals surface area contributed by atoms with E-state index in [9.17, 15) is 14.7 Å². The Morgan fingerprint density at radius 2 is 1.32 bits per heavy atom. The van der Waals surface area contributed by atoms with Gasteiger partial charge in [0, 0.05) is 11.4 Å². The molecule has 0 radical (unpaired) electrons. The highest BCUT2D eigenvalue weighted by molar-refractivity contribution is 5.79. The molecular weight excluding hydrogens is 484 g/mol. The number of carboxylic acids is 1. The zero-order valence-corrected chi connectivity index (χ0v) is 21.1. The van der Waals surface area contributed by atoms with Crippen molar-refractivity contribution in [3.05, 3.63) is 125 Å². The minimum Gasteiger partial charge on any atom is -0.480 e. The number of hydrogen-bond donors (Lipinski definition) is 1. The predicted octanol–water partition coefficient (Wildman–Crippen LogP) is 4.63. The smallest absolute Gasteiger partial charge is 0.351 e. The summed E-state index contributed by atoms with van der Waals surface area (Å²) in [6.07, 6.45) is -1.50. The molecule has 1 N–H and O–H groups in total. The number of carbonyl (C=O) groups excluding carboxylic acids is 1. The van der Waals surface area contributed by atoms with E-state index in [0.717, 1.165) is 5.56 Å². The Morgan fingerprint density at radius 3 is 1.82 bits per heavy atom. The Labute approximate surface area is 220 Å². The molecular formula is C30H28N2O6. The minimum atomic E-state index is -1.71. The minimum absolute atomic E-state index is 0.0220. The van der Waals surface area contributed by atoms with Gasteiger partial charge in [-0.3, -0.25) is 0 Å². The number of nitrogens with zero attached hydrogens (tertiary/aromatic N) is 2. The molecule has 1 atom stereocenters. The maximum atomic E-state index is 13.9. The van der Waals surface area contributed by atoms with Crippen LogP contribution in [0.3, 0.4) is 0 Å². The zero-order valence-electron chi connectivity index (χ0n) is 21.1. The van der Waals surface area contributed by atoms with Crippen LogP contribution in [0.2, 0.25) is 0 Å². The number of ether oxygens (including phenoxy) is 3. The summed E-state index contributed by atoms with van der Waals surface area (Å²) in [6, 6.07) is 28.6. The Kier molecular flexibility index (Phi) is 8.45. The van der Waals surface area contributed by atoms with Gasteiger partial charge in [0.15, 0.2) is 5.60 Å². The van der Waals surface area contributed by atoms with Gasteiger partial charge in [0.1, 0.15) is 13.2 Å². The molecule has 1 heterocycles. The van der Waals surface area contributed by atoms with E-state index in [1.807, 2.05) is 42.5 Å². The van der Waals surface area contributed by atoms with Crippen LogP contribution >= 0.6 is 0 Å². The zero-order chi connectivity index (χ0) is 27.0. The summed E-state index contributed by atoms with van der Waals surface area (Å²) in [6.45, 7) is 2.84. The molecule has 0 bridgehead atoms. The van der Waals surface area contributed by atoms with Crippen molar-refractivity contribution >= 4 is 11.9 Å². The van der Waals surface area contributed by atoms with Crippen LogP contribution in [0.4, 0.5) is 0 Å². The standard InChI is InChI=1S/C30H28N2O6/c1-21-18-22(2)32-29(31-21)38-27(28(35)36-19-23-12-6-3-7-13-23)30(37-20-26(33)34,24-14-8-4-9-15-24)25-16-10-5-11-17-25/h3-18,27H,19-20H2,1-2H3,(H,33,34)/t27-/m1/s1. The van der Waals surface area contributed by atoms with Gasteiger partial charge in [-0.05, 0) is 36.6 Å². The average molecular weight is 513 g/mol. The van der Waals surface area contributed by atoms with Gasteiger partial charge in [-0.2, -0.15) is 0 Å². The quantitative estimate of drug-likeness (QED) is 0.290. The van der Waals surface area contributed by atoms with Crippen molar-refractivity contribution in [2.75, 3.05) is 6.61 Å². The topological polar surface area (TPSA) is 108 Å². The van der Waals surface area contributed by atoms with E-state index in [0.29, 0.717) is 22.5 Å². The lowest BCUT2D eigenvalue weighted by Crippen LogP contribution is -2.52. The van der Waals surface area contributed by atoms with Crippen molar-refractivity contribution in [2.24, 2.45) is 0 Å². The molecule has 0 amide bonds. The second-order valence-electron chi connectivity index (χ2n) is 8.67. The first-order valence-corrected chi connectivity index (χ1v) is 12.0. The normalized spacial score (nSPS) is 11.9. The summed E-state index contributed by atoms with van der Waals surface area (Å²) in [5.41, 5.74) is 1.34. The molecule has 0 aliphatic rings. The molecule has 3 aromatic carbocycles. The number of benzene rings is 3. The van der Waals surface area contributed by atoms with E-state index in [2.05, 4.69) is 9.97 Å². The van der Waals surface area contributed by atoms with Crippen molar-refractivity contribution in [3.8, 4) is 6.01 Å². The van der Waals surface area contributed by atoms with Crippen LogP contribution in [0.1, 0.15) is 28.1 Å². The lowest BCUT2D eigenvalue weighted by molar-refractivity contribution is -0.177. The predicted molar refractivity (Wildman–Crippen MR) is 139 cm³/mol. The van der Waals surface area contributed by atoms with Gasteiger partial charge >= 0.3 is 17.9 Å². The maximum absolute atomic E-state index is 13.9. The Morgan fingerprint density at radius 1 is 0.816 bits per heavy atom. The van der Waals surface area contributed by atoms with Crippen molar-refractivity contribution < 1.29 is 28.9 Å². The summed E-state index contributed by atoms with van der Waals surface area (Å²) in [7, 11) is 0. The van der Waals surface area contributed by atoms with Crippen molar-refractivity contribution in [3.63, 3.8) is 0 Å². The highest BCUT2D eigenvalue weighted by atomic mass is 16.6. The Balaban J connectivity index is 1.88. The van der Waals surface area contributed by atoms with E-state index in [4.69, 9.17) is 14.2 Å². The SMILES string of the molecule is Cc1cc(C)nc(O[C@H](C(=O)OCc2ccccc2)C(OCC(=O)O)(c2ccccc2)c2ccccc2)n1. The average Bonchev–Trinajstić information content (AvgIpc) is 2.92. The number of esters is 1. The lowest BCUT2D eigenvalue weighted by atomic mass is 9.81. The van der Waals surface area contributed by atoms with Gasteiger partial charge in [-0.15, -0.1) is 0 Å². The number of aliphatic carboxylic acids is 1. The van der Waals surface area contributed by atoms with Crippen molar-refractivity contribution in [1.29, 1.82) is 0 Å². The molecule has 0 aliphatic carbocycles. The van der Waals surface area contributed by atoms with E-state index in [1.165, 1.54) is 0 Å².